The summed E-state index contributed by atoms with van der Waals surface area (Å²) in [5.41, 5.74) is 1.00. The Balaban J connectivity index is 1.91. The van der Waals surface area contributed by atoms with Crippen LogP contribution >= 0.6 is 11.8 Å². The Morgan fingerprint density at radius 3 is 2.47 bits per heavy atom. The molecule has 0 saturated heterocycles. The largest absolute Gasteiger partial charge is 0.497 e. The minimum Gasteiger partial charge on any atom is -0.497 e. The number of anilines is 1. The second kappa shape index (κ2) is 10.0. The van der Waals surface area contributed by atoms with Crippen molar-refractivity contribution in [2.24, 2.45) is 0 Å². The molecule has 0 aliphatic carbocycles. The van der Waals surface area contributed by atoms with Gasteiger partial charge in [-0.2, -0.15) is 0 Å². The van der Waals surface area contributed by atoms with E-state index in [1.165, 1.54) is 11.8 Å². The Morgan fingerprint density at radius 1 is 1.12 bits per heavy atom. The van der Waals surface area contributed by atoms with Crippen molar-refractivity contribution in [3.8, 4) is 5.75 Å². The molecule has 0 unspecified atom stereocenters. The Bertz CT molecular complexity index is 1150. The van der Waals surface area contributed by atoms with Crippen LogP contribution in [0, 0.1) is 0 Å². The molecule has 172 valence electrons. The maximum Gasteiger partial charge on any atom is 0.263 e. The Hall–Kier alpha value is -2.45. The van der Waals surface area contributed by atoms with E-state index in [4.69, 9.17) is 9.26 Å². The maximum absolute atomic E-state index is 13.1. The van der Waals surface area contributed by atoms with Gasteiger partial charge in [0.2, 0.25) is 0 Å². The van der Waals surface area contributed by atoms with Crippen molar-refractivity contribution in [1.82, 2.24) is 5.16 Å². The third-order valence-corrected chi connectivity index (χ3v) is 7.47. The van der Waals surface area contributed by atoms with Gasteiger partial charge in [-0.15, -0.1) is 0 Å². The summed E-state index contributed by atoms with van der Waals surface area (Å²) in [6.07, 6.45) is 2.59. The summed E-state index contributed by atoms with van der Waals surface area (Å²) in [6.45, 7) is 8.36. The molecule has 0 spiro atoms. The molecule has 0 aliphatic heterocycles. The summed E-state index contributed by atoms with van der Waals surface area (Å²) in [5.74, 6) is 1.59. The first kappa shape index (κ1) is 24.2. The zero-order chi connectivity index (χ0) is 23.4. The van der Waals surface area contributed by atoms with Crippen LogP contribution in [-0.4, -0.2) is 20.7 Å². The topological polar surface area (TPSA) is 81.4 Å². The lowest BCUT2D eigenvalue weighted by molar-refractivity contribution is 0.378. The second-order valence-electron chi connectivity index (χ2n) is 8.55. The smallest absolute Gasteiger partial charge is 0.263 e. The van der Waals surface area contributed by atoms with Gasteiger partial charge in [0.05, 0.1) is 12.0 Å². The molecule has 1 heterocycles. The van der Waals surface area contributed by atoms with Gasteiger partial charge in [0.25, 0.3) is 10.0 Å². The number of methoxy groups -OCH3 is 1. The molecule has 3 aromatic rings. The number of benzene rings is 2. The molecule has 0 saturated carbocycles. The fourth-order valence-electron chi connectivity index (χ4n) is 3.09. The predicted octanol–water partition coefficient (Wildman–Crippen LogP) is 6.28. The highest BCUT2D eigenvalue weighted by Gasteiger charge is 2.24. The van der Waals surface area contributed by atoms with Gasteiger partial charge in [-0.3, -0.25) is 4.72 Å². The Kier molecular flexibility index (Phi) is 7.56. The number of unbranched alkanes of at least 4 members (excludes halogenated alkanes) is 1. The average molecular weight is 475 g/mol. The van der Waals surface area contributed by atoms with Crippen LogP contribution in [0.1, 0.15) is 51.9 Å². The van der Waals surface area contributed by atoms with Crippen LogP contribution < -0.4 is 9.46 Å². The Morgan fingerprint density at radius 2 is 1.84 bits per heavy atom. The molecule has 0 radical (unpaired) electrons. The summed E-state index contributed by atoms with van der Waals surface area (Å²) >= 11 is 1.41. The van der Waals surface area contributed by atoms with E-state index < -0.39 is 10.0 Å². The Labute approximate surface area is 194 Å². The lowest BCUT2D eigenvalue weighted by atomic mass is 9.87. The molecule has 8 heteroatoms. The average Bonchev–Trinajstić information content (AvgIpc) is 3.12. The normalized spacial score (nSPS) is 12.0. The molecular weight excluding hydrogens is 444 g/mol. The molecule has 0 amide bonds. The van der Waals surface area contributed by atoms with Crippen LogP contribution in [0.4, 0.5) is 5.82 Å². The van der Waals surface area contributed by atoms with E-state index in [-0.39, 0.29) is 16.1 Å². The summed E-state index contributed by atoms with van der Waals surface area (Å²) in [7, 11) is -2.21. The van der Waals surface area contributed by atoms with E-state index in [0.717, 1.165) is 29.1 Å². The molecule has 2 aromatic carbocycles. The van der Waals surface area contributed by atoms with Gasteiger partial charge in [-0.05, 0) is 47.7 Å². The van der Waals surface area contributed by atoms with Crippen molar-refractivity contribution < 1.29 is 17.7 Å². The van der Waals surface area contributed by atoms with E-state index in [1.54, 1.807) is 19.2 Å². The van der Waals surface area contributed by atoms with Gasteiger partial charge >= 0.3 is 0 Å². The highest BCUT2D eigenvalue weighted by Crippen LogP contribution is 2.39. The number of hydrogen-bond acceptors (Lipinski definition) is 6. The minimum absolute atomic E-state index is 0.0590. The molecule has 3 rings (SSSR count). The predicted molar refractivity (Wildman–Crippen MR) is 128 cm³/mol. The van der Waals surface area contributed by atoms with Gasteiger partial charge in [-0.1, -0.05) is 69.2 Å². The SMILES string of the molecule is CCCCc1onc(NS(=O)(=O)c2ccc(C(C)(C)C)cc2)c1Sc1cccc(OC)c1. The van der Waals surface area contributed by atoms with E-state index >= 15 is 0 Å². The number of rotatable bonds is 9. The van der Waals surface area contributed by atoms with Crippen LogP contribution in [0.15, 0.2) is 67.7 Å². The van der Waals surface area contributed by atoms with Crippen molar-refractivity contribution in [2.45, 2.75) is 67.1 Å². The lowest BCUT2D eigenvalue weighted by Gasteiger charge is -2.19. The maximum atomic E-state index is 13.1. The van der Waals surface area contributed by atoms with E-state index in [9.17, 15) is 8.42 Å². The second-order valence-corrected chi connectivity index (χ2v) is 11.3. The first-order valence-corrected chi connectivity index (χ1v) is 12.9. The number of ether oxygens (including phenoxy) is 1. The first-order valence-electron chi connectivity index (χ1n) is 10.6. The molecule has 32 heavy (non-hydrogen) atoms. The van der Waals surface area contributed by atoms with Crippen LogP contribution in [0.3, 0.4) is 0 Å². The highest BCUT2D eigenvalue weighted by atomic mass is 32.2. The number of sulfonamides is 1. The third kappa shape index (κ3) is 5.86. The van der Waals surface area contributed by atoms with Crippen molar-refractivity contribution >= 4 is 27.6 Å². The number of nitrogens with one attached hydrogen (secondary N) is 1. The lowest BCUT2D eigenvalue weighted by Crippen LogP contribution is -2.15. The van der Waals surface area contributed by atoms with Gasteiger partial charge in [-0.25, -0.2) is 8.42 Å². The standard InChI is InChI=1S/C24H30N2O4S2/c1-6-7-11-21-22(31-19-10-8-9-18(16-19)29-5)23(25-30-21)26-32(27,28)20-14-12-17(13-15-20)24(2,3)4/h8-10,12-16H,6-7,11H2,1-5H3,(H,25,26). The van der Waals surface area contributed by atoms with E-state index in [0.29, 0.717) is 17.1 Å². The fourth-order valence-corrected chi connectivity index (χ4v) is 5.15. The molecule has 1 aromatic heterocycles. The van der Waals surface area contributed by atoms with Gasteiger partial charge in [0.1, 0.15) is 10.6 Å². The summed E-state index contributed by atoms with van der Waals surface area (Å²) in [6, 6.07) is 14.5. The summed E-state index contributed by atoms with van der Waals surface area (Å²) in [5, 5.41) is 4.06. The third-order valence-electron chi connectivity index (χ3n) is 5.00. The zero-order valence-electron chi connectivity index (χ0n) is 19.1. The summed E-state index contributed by atoms with van der Waals surface area (Å²) < 4.78 is 39.6. The highest BCUT2D eigenvalue weighted by molar-refractivity contribution is 7.99. The van der Waals surface area contributed by atoms with E-state index in [2.05, 4.69) is 37.6 Å². The van der Waals surface area contributed by atoms with Gasteiger partial charge < -0.3 is 9.26 Å². The molecule has 0 bridgehead atoms. The molecule has 1 N–H and O–H groups in total. The number of aromatic nitrogens is 1. The molecule has 0 aliphatic rings. The minimum atomic E-state index is -3.82. The van der Waals surface area contributed by atoms with Crippen LogP contribution in [0.2, 0.25) is 0 Å². The van der Waals surface area contributed by atoms with Crippen LogP contribution in [-0.2, 0) is 21.9 Å². The molecular formula is C24H30N2O4S2. The zero-order valence-corrected chi connectivity index (χ0v) is 20.8. The summed E-state index contributed by atoms with van der Waals surface area (Å²) in [4.78, 5) is 1.75. The molecule has 6 nitrogen and oxygen atoms in total. The number of hydrogen-bond donors (Lipinski definition) is 1. The van der Waals surface area contributed by atoms with Crippen LogP contribution in [0.5, 0.6) is 5.75 Å². The van der Waals surface area contributed by atoms with Crippen molar-refractivity contribution in [1.29, 1.82) is 0 Å². The van der Waals surface area contributed by atoms with Gasteiger partial charge in [0.15, 0.2) is 11.6 Å². The quantitative estimate of drug-likeness (QED) is 0.393. The van der Waals surface area contributed by atoms with Crippen molar-refractivity contribution in [3.63, 3.8) is 0 Å². The number of nitrogens with zero attached hydrogens (tertiary/aromatic N) is 1. The molecule has 0 fully saturated rings. The van der Waals surface area contributed by atoms with Crippen molar-refractivity contribution in [2.75, 3.05) is 11.8 Å². The first-order chi connectivity index (χ1) is 15.1. The number of aryl methyl sites for hydroxylation is 1. The monoisotopic (exact) mass is 474 g/mol. The van der Waals surface area contributed by atoms with Crippen molar-refractivity contribution in [3.05, 3.63) is 59.9 Å². The fraction of sp³-hybridized carbons (Fsp3) is 0.375. The van der Waals surface area contributed by atoms with E-state index in [1.807, 2.05) is 36.4 Å². The van der Waals surface area contributed by atoms with Crippen LogP contribution in [0.25, 0.3) is 0 Å². The van der Waals surface area contributed by atoms with Gasteiger partial charge in [0, 0.05) is 11.3 Å². The molecule has 0 atom stereocenters.